The molecule has 2 aromatic carbocycles. The fraction of sp³-hybridized carbons (Fsp3) is 0.333. The highest BCUT2D eigenvalue weighted by atomic mass is 35.5. The van der Waals surface area contributed by atoms with E-state index in [0.717, 1.165) is 31.9 Å². The number of halogens is 1. The molecule has 1 fully saturated rings. The fourth-order valence-electron chi connectivity index (χ4n) is 3.00. The molecule has 1 aliphatic rings. The van der Waals surface area contributed by atoms with Gasteiger partial charge in [-0.3, -0.25) is 4.90 Å². The van der Waals surface area contributed by atoms with Gasteiger partial charge in [0.2, 0.25) is 0 Å². The Bertz CT molecular complexity index is 576. The highest BCUT2D eigenvalue weighted by Crippen LogP contribution is 2.30. The first kappa shape index (κ1) is 16.8. The summed E-state index contributed by atoms with van der Waals surface area (Å²) in [6.45, 7) is 4.04. The lowest BCUT2D eigenvalue weighted by molar-refractivity contribution is 0.151. The Morgan fingerprint density at radius 1 is 1.09 bits per heavy atom. The lowest BCUT2D eigenvalue weighted by atomic mass is 10.0. The van der Waals surface area contributed by atoms with Crippen LogP contribution in [0.15, 0.2) is 54.6 Å². The third-order valence-electron chi connectivity index (χ3n) is 4.08. The summed E-state index contributed by atoms with van der Waals surface area (Å²) in [4.78, 5) is 2.53. The van der Waals surface area contributed by atoms with Crippen LogP contribution in [0.3, 0.4) is 0 Å². The number of hydrogen-bond donors (Lipinski definition) is 1. The van der Waals surface area contributed by atoms with E-state index in [0.29, 0.717) is 6.04 Å². The molecular formula is C18H23ClN2O. The highest BCUT2D eigenvalue weighted by Gasteiger charge is 2.25. The molecule has 1 aliphatic heterocycles. The molecule has 3 nitrogen and oxygen atoms in total. The van der Waals surface area contributed by atoms with Gasteiger partial charge in [-0.15, -0.1) is 12.4 Å². The third kappa shape index (κ3) is 3.80. The van der Waals surface area contributed by atoms with E-state index < -0.39 is 0 Å². The summed E-state index contributed by atoms with van der Waals surface area (Å²) in [6.07, 6.45) is 0. The molecule has 22 heavy (non-hydrogen) atoms. The first-order chi connectivity index (χ1) is 10.4. The molecule has 0 aromatic heterocycles. The lowest BCUT2D eigenvalue weighted by Gasteiger charge is -2.37. The lowest BCUT2D eigenvalue weighted by Crippen LogP contribution is -2.45. The molecule has 3 rings (SSSR count). The zero-order valence-electron chi connectivity index (χ0n) is 12.9. The second-order valence-electron chi connectivity index (χ2n) is 5.42. The molecule has 0 amide bonds. The molecule has 1 heterocycles. The maximum absolute atomic E-state index is 5.54. The van der Waals surface area contributed by atoms with Crippen LogP contribution in [0.4, 0.5) is 0 Å². The average Bonchev–Trinajstić information content (AvgIpc) is 2.56. The SMILES string of the molecule is COc1ccccc1C1CNCCN1Cc1ccccc1.Cl. The second kappa shape index (κ2) is 8.18. The number of piperazine rings is 1. The first-order valence-corrected chi connectivity index (χ1v) is 7.50. The fourth-order valence-corrected chi connectivity index (χ4v) is 3.00. The van der Waals surface area contributed by atoms with Crippen LogP contribution in [0.1, 0.15) is 17.2 Å². The predicted molar refractivity (Wildman–Crippen MR) is 92.7 cm³/mol. The van der Waals surface area contributed by atoms with Gasteiger partial charge in [0.15, 0.2) is 0 Å². The van der Waals surface area contributed by atoms with Crippen molar-refractivity contribution in [2.24, 2.45) is 0 Å². The number of hydrogen-bond acceptors (Lipinski definition) is 3. The Hall–Kier alpha value is -1.55. The molecule has 0 spiro atoms. The van der Waals surface area contributed by atoms with Crippen LogP contribution >= 0.6 is 12.4 Å². The monoisotopic (exact) mass is 318 g/mol. The summed E-state index contributed by atoms with van der Waals surface area (Å²) >= 11 is 0. The van der Waals surface area contributed by atoms with Gasteiger partial charge in [0.25, 0.3) is 0 Å². The maximum Gasteiger partial charge on any atom is 0.123 e. The van der Waals surface area contributed by atoms with Crippen molar-refractivity contribution in [2.75, 3.05) is 26.7 Å². The van der Waals surface area contributed by atoms with Crippen LogP contribution in [0.5, 0.6) is 5.75 Å². The zero-order valence-corrected chi connectivity index (χ0v) is 13.7. The van der Waals surface area contributed by atoms with E-state index in [1.165, 1.54) is 11.1 Å². The number of nitrogens with zero attached hydrogens (tertiary/aromatic N) is 1. The van der Waals surface area contributed by atoms with Gasteiger partial charge in [-0.25, -0.2) is 0 Å². The van der Waals surface area contributed by atoms with Crippen LogP contribution in [-0.4, -0.2) is 31.6 Å². The van der Waals surface area contributed by atoms with Gasteiger partial charge in [-0.2, -0.15) is 0 Å². The summed E-state index contributed by atoms with van der Waals surface area (Å²) in [7, 11) is 1.75. The van der Waals surface area contributed by atoms with Crippen LogP contribution in [-0.2, 0) is 6.54 Å². The zero-order chi connectivity index (χ0) is 14.5. The van der Waals surface area contributed by atoms with E-state index in [2.05, 4.69) is 52.7 Å². The van der Waals surface area contributed by atoms with Gasteiger partial charge in [0.05, 0.1) is 13.2 Å². The predicted octanol–water partition coefficient (Wildman–Crippen LogP) is 3.26. The minimum absolute atomic E-state index is 0. The van der Waals surface area contributed by atoms with Gasteiger partial charge in [-0.05, 0) is 11.6 Å². The molecule has 4 heteroatoms. The van der Waals surface area contributed by atoms with Gasteiger partial charge in [0.1, 0.15) is 5.75 Å². The summed E-state index contributed by atoms with van der Waals surface area (Å²) in [5.74, 6) is 0.976. The topological polar surface area (TPSA) is 24.5 Å². The minimum atomic E-state index is 0. The summed E-state index contributed by atoms with van der Waals surface area (Å²) < 4.78 is 5.54. The standard InChI is InChI=1S/C18H22N2O.ClH/c1-21-18-10-6-5-9-16(18)17-13-19-11-12-20(17)14-15-7-3-2-4-8-15;/h2-10,17,19H,11-14H2,1H3;1H. The summed E-state index contributed by atoms with van der Waals surface area (Å²) in [6, 6.07) is 19.4. The Labute approximate surface area is 138 Å². The molecule has 0 bridgehead atoms. The number of rotatable bonds is 4. The molecule has 1 atom stereocenters. The normalized spacial score (nSPS) is 18.5. The quantitative estimate of drug-likeness (QED) is 0.936. The van der Waals surface area contributed by atoms with Gasteiger partial charge in [-0.1, -0.05) is 48.5 Å². The Morgan fingerprint density at radius 2 is 1.82 bits per heavy atom. The van der Waals surface area contributed by atoms with Gasteiger partial charge < -0.3 is 10.1 Å². The van der Waals surface area contributed by atoms with Crippen LogP contribution in [0, 0.1) is 0 Å². The number of ether oxygens (including phenoxy) is 1. The minimum Gasteiger partial charge on any atom is -0.496 e. The number of benzene rings is 2. The number of nitrogens with one attached hydrogen (secondary N) is 1. The summed E-state index contributed by atoms with van der Waals surface area (Å²) in [5.41, 5.74) is 2.63. The largest absolute Gasteiger partial charge is 0.496 e. The molecule has 2 aromatic rings. The number of para-hydroxylation sites is 1. The second-order valence-corrected chi connectivity index (χ2v) is 5.42. The average molecular weight is 319 g/mol. The van der Waals surface area contributed by atoms with Crippen molar-refractivity contribution in [1.82, 2.24) is 10.2 Å². The van der Waals surface area contributed by atoms with E-state index in [4.69, 9.17) is 4.74 Å². The highest BCUT2D eigenvalue weighted by molar-refractivity contribution is 5.85. The maximum atomic E-state index is 5.54. The molecule has 1 unspecified atom stereocenters. The Morgan fingerprint density at radius 3 is 2.59 bits per heavy atom. The van der Waals surface area contributed by atoms with Crippen LogP contribution < -0.4 is 10.1 Å². The third-order valence-corrected chi connectivity index (χ3v) is 4.08. The van der Waals surface area contributed by atoms with E-state index in [1.54, 1.807) is 7.11 Å². The molecule has 1 N–H and O–H groups in total. The Kier molecular flexibility index (Phi) is 6.25. The van der Waals surface area contributed by atoms with Crippen molar-refractivity contribution in [1.29, 1.82) is 0 Å². The van der Waals surface area contributed by atoms with Crippen molar-refractivity contribution in [3.8, 4) is 5.75 Å². The van der Waals surface area contributed by atoms with E-state index in [-0.39, 0.29) is 12.4 Å². The summed E-state index contributed by atoms with van der Waals surface area (Å²) in [5, 5.41) is 3.50. The molecule has 1 saturated heterocycles. The molecule has 0 radical (unpaired) electrons. The number of methoxy groups -OCH3 is 1. The van der Waals surface area contributed by atoms with Gasteiger partial charge in [0, 0.05) is 31.7 Å². The first-order valence-electron chi connectivity index (χ1n) is 7.50. The van der Waals surface area contributed by atoms with Crippen molar-refractivity contribution in [2.45, 2.75) is 12.6 Å². The van der Waals surface area contributed by atoms with Crippen molar-refractivity contribution in [3.05, 3.63) is 65.7 Å². The van der Waals surface area contributed by atoms with Crippen molar-refractivity contribution >= 4 is 12.4 Å². The molecule has 118 valence electrons. The van der Waals surface area contributed by atoms with E-state index in [1.807, 2.05) is 12.1 Å². The van der Waals surface area contributed by atoms with Crippen LogP contribution in [0.25, 0.3) is 0 Å². The van der Waals surface area contributed by atoms with Crippen molar-refractivity contribution < 1.29 is 4.74 Å². The molecule has 0 aliphatic carbocycles. The molecule has 0 saturated carbocycles. The van der Waals surface area contributed by atoms with Gasteiger partial charge >= 0.3 is 0 Å². The van der Waals surface area contributed by atoms with Crippen LogP contribution in [0.2, 0.25) is 0 Å². The molecular weight excluding hydrogens is 296 g/mol. The van der Waals surface area contributed by atoms with Crippen molar-refractivity contribution in [3.63, 3.8) is 0 Å². The smallest absolute Gasteiger partial charge is 0.123 e. The Balaban J connectivity index is 0.00000176. The van der Waals surface area contributed by atoms with E-state index >= 15 is 0 Å². The van der Waals surface area contributed by atoms with E-state index in [9.17, 15) is 0 Å².